The molecule has 1 amide bonds. The van der Waals surface area contributed by atoms with Crippen molar-refractivity contribution in [3.05, 3.63) is 40.9 Å². The Balaban J connectivity index is 2.99. The second-order valence-electron chi connectivity index (χ2n) is 4.35. The first kappa shape index (κ1) is 18.4. The van der Waals surface area contributed by atoms with Crippen LogP contribution in [0.25, 0.3) is 5.76 Å². The first-order valence-corrected chi connectivity index (χ1v) is 6.86. The first-order valence-electron chi connectivity index (χ1n) is 6.48. The number of amides is 1. The highest BCUT2D eigenvalue weighted by atomic mass is 35.5. The van der Waals surface area contributed by atoms with Crippen molar-refractivity contribution in [3.63, 3.8) is 0 Å². The van der Waals surface area contributed by atoms with Gasteiger partial charge in [0.15, 0.2) is 0 Å². The van der Waals surface area contributed by atoms with E-state index in [0.29, 0.717) is 11.1 Å². The molecule has 23 heavy (non-hydrogen) atoms. The number of ether oxygens (including phenoxy) is 1. The van der Waals surface area contributed by atoms with E-state index in [2.05, 4.69) is 4.74 Å². The fourth-order valence-electron chi connectivity index (χ4n) is 1.62. The predicted octanol–water partition coefficient (Wildman–Crippen LogP) is 1.04. The van der Waals surface area contributed by atoms with Gasteiger partial charge in [-0.05, 0) is 31.2 Å². The quantitative estimate of drug-likeness (QED) is 0.251. The average Bonchev–Trinajstić information content (AvgIpc) is 2.47. The van der Waals surface area contributed by atoms with Crippen LogP contribution in [0.15, 0.2) is 30.3 Å². The van der Waals surface area contributed by atoms with E-state index in [1.807, 2.05) is 0 Å². The van der Waals surface area contributed by atoms with Crippen LogP contribution in [-0.4, -0.2) is 35.2 Å². The van der Waals surface area contributed by atoms with E-state index in [1.54, 1.807) is 0 Å². The molecule has 3 N–H and O–H groups in total. The molecule has 0 aromatic heterocycles. The summed E-state index contributed by atoms with van der Waals surface area (Å²) < 4.78 is 4.53. The lowest BCUT2D eigenvalue weighted by Gasteiger charge is -2.09. The van der Waals surface area contributed by atoms with Crippen LogP contribution in [0.3, 0.4) is 0 Å². The predicted molar refractivity (Wildman–Crippen MR) is 81.4 cm³/mol. The number of Topliss-reactive ketones (excluding diaryl/α,β-unsaturated/α-hetero) is 1. The second kappa shape index (κ2) is 8.09. The SMILES string of the molecule is CCOC(=O)[C@H](C(N)=O)C(=O)C(=O)C=C(O)c1ccc(Cl)cc1. The third-order valence-corrected chi connectivity index (χ3v) is 2.97. The molecule has 0 aliphatic heterocycles. The van der Waals surface area contributed by atoms with Crippen molar-refractivity contribution in [2.75, 3.05) is 6.61 Å². The Morgan fingerprint density at radius 2 is 1.83 bits per heavy atom. The van der Waals surface area contributed by atoms with Crippen LogP contribution in [0.4, 0.5) is 0 Å². The van der Waals surface area contributed by atoms with Gasteiger partial charge in [0.25, 0.3) is 0 Å². The van der Waals surface area contributed by atoms with Gasteiger partial charge >= 0.3 is 5.97 Å². The molecule has 1 atom stereocenters. The maximum Gasteiger partial charge on any atom is 0.326 e. The van der Waals surface area contributed by atoms with E-state index in [0.717, 1.165) is 0 Å². The highest BCUT2D eigenvalue weighted by Crippen LogP contribution is 2.16. The Morgan fingerprint density at radius 1 is 1.26 bits per heavy atom. The van der Waals surface area contributed by atoms with Crippen LogP contribution in [-0.2, 0) is 23.9 Å². The highest BCUT2D eigenvalue weighted by Gasteiger charge is 2.37. The van der Waals surface area contributed by atoms with Gasteiger partial charge in [-0.15, -0.1) is 0 Å². The third-order valence-electron chi connectivity index (χ3n) is 2.72. The number of rotatable bonds is 7. The lowest BCUT2D eigenvalue weighted by Crippen LogP contribution is -2.40. The van der Waals surface area contributed by atoms with Crippen molar-refractivity contribution < 1.29 is 29.0 Å². The Hall–Kier alpha value is -2.67. The molecule has 7 nitrogen and oxygen atoms in total. The zero-order valence-corrected chi connectivity index (χ0v) is 12.9. The molecule has 0 saturated heterocycles. The van der Waals surface area contributed by atoms with E-state index in [4.69, 9.17) is 17.3 Å². The lowest BCUT2D eigenvalue weighted by atomic mass is 9.99. The van der Waals surface area contributed by atoms with Crippen LogP contribution in [0.2, 0.25) is 5.02 Å². The number of ketones is 2. The van der Waals surface area contributed by atoms with E-state index in [9.17, 15) is 24.3 Å². The number of hydrogen-bond acceptors (Lipinski definition) is 6. The maximum atomic E-state index is 11.9. The highest BCUT2D eigenvalue weighted by molar-refractivity contribution is 6.49. The average molecular weight is 340 g/mol. The second-order valence-corrected chi connectivity index (χ2v) is 4.79. The van der Waals surface area contributed by atoms with Crippen molar-refractivity contribution in [2.24, 2.45) is 11.7 Å². The molecule has 1 rings (SSSR count). The number of aliphatic hydroxyl groups is 1. The fraction of sp³-hybridized carbons (Fsp3) is 0.200. The van der Waals surface area contributed by atoms with Crippen LogP contribution in [0, 0.1) is 5.92 Å². The summed E-state index contributed by atoms with van der Waals surface area (Å²) in [6, 6.07) is 5.78. The van der Waals surface area contributed by atoms with Gasteiger partial charge < -0.3 is 15.6 Å². The topological polar surface area (TPSA) is 124 Å². The normalized spacial score (nSPS) is 12.3. The maximum absolute atomic E-state index is 11.9. The molecule has 0 spiro atoms. The largest absolute Gasteiger partial charge is 0.507 e. The van der Waals surface area contributed by atoms with Gasteiger partial charge in [0, 0.05) is 16.7 Å². The number of hydrogen-bond donors (Lipinski definition) is 2. The molecule has 0 radical (unpaired) electrons. The number of halogens is 1. The Labute approximate surface area is 136 Å². The summed E-state index contributed by atoms with van der Waals surface area (Å²) in [7, 11) is 0. The number of benzene rings is 1. The summed E-state index contributed by atoms with van der Waals surface area (Å²) in [6.45, 7) is 1.38. The van der Waals surface area contributed by atoms with Crippen LogP contribution in [0.1, 0.15) is 12.5 Å². The molecule has 0 bridgehead atoms. The molecule has 1 aromatic rings. The van der Waals surface area contributed by atoms with Gasteiger partial charge in [-0.3, -0.25) is 19.2 Å². The molecule has 0 unspecified atom stereocenters. The van der Waals surface area contributed by atoms with Gasteiger partial charge in [-0.25, -0.2) is 0 Å². The van der Waals surface area contributed by atoms with E-state index in [1.165, 1.54) is 31.2 Å². The molecule has 8 heteroatoms. The molecular weight excluding hydrogens is 326 g/mol. The van der Waals surface area contributed by atoms with Crippen molar-refractivity contribution >= 4 is 40.8 Å². The molecule has 0 aliphatic carbocycles. The van der Waals surface area contributed by atoms with E-state index >= 15 is 0 Å². The van der Waals surface area contributed by atoms with Gasteiger partial charge in [-0.1, -0.05) is 11.6 Å². The lowest BCUT2D eigenvalue weighted by molar-refractivity contribution is -0.156. The van der Waals surface area contributed by atoms with Crippen molar-refractivity contribution in [3.8, 4) is 0 Å². The summed E-state index contributed by atoms with van der Waals surface area (Å²) in [4.78, 5) is 46.4. The zero-order valence-electron chi connectivity index (χ0n) is 12.1. The number of carbonyl (C=O) groups is 4. The number of allylic oxidation sites excluding steroid dienone is 1. The number of carbonyl (C=O) groups excluding carboxylic acids is 4. The third kappa shape index (κ3) is 4.93. The smallest absolute Gasteiger partial charge is 0.326 e. The number of esters is 1. The zero-order chi connectivity index (χ0) is 17.6. The number of nitrogens with two attached hydrogens (primary N) is 1. The summed E-state index contributed by atoms with van der Waals surface area (Å²) in [6.07, 6.45) is 0.598. The van der Waals surface area contributed by atoms with Crippen molar-refractivity contribution in [2.45, 2.75) is 6.92 Å². The van der Waals surface area contributed by atoms with Crippen LogP contribution in [0.5, 0.6) is 0 Å². The Bertz CT molecular complexity index is 665. The summed E-state index contributed by atoms with van der Waals surface area (Å²) in [5.74, 6) is -7.71. The van der Waals surface area contributed by atoms with Gasteiger partial charge in [0.05, 0.1) is 6.61 Å². The van der Waals surface area contributed by atoms with Gasteiger partial charge in [0.2, 0.25) is 23.4 Å². The minimum Gasteiger partial charge on any atom is -0.507 e. The van der Waals surface area contributed by atoms with Gasteiger partial charge in [-0.2, -0.15) is 0 Å². The molecule has 0 fully saturated rings. The molecule has 1 aromatic carbocycles. The Kier molecular flexibility index (Phi) is 6.47. The molecule has 122 valence electrons. The summed E-state index contributed by atoms with van der Waals surface area (Å²) in [5, 5.41) is 10.2. The van der Waals surface area contributed by atoms with E-state index < -0.39 is 35.1 Å². The monoisotopic (exact) mass is 339 g/mol. The van der Waals surface area contributed by atoms with Gasteiger partial charge in [0.1, 0.15) is 5.76 Å². The molecule has 0 heterocycles. The summed E-state index contributed by atoms with van der Waals surface area (Å²) in [5.41, 5.74) is 5.18. The Morgan fingerprint density at radius 3 is 2.30 bits per heavy atom. The van der Waals surface area contributed by atoms with Crippen molar-refractivity contribution in [1.82, 2.24) is 0 Å². The molecule has 0 saturated carbocycles. The minimum atomic E-state index is -2.04. The summed E-state index contributed by atoms with van der Waals surface area (Å²) >= 11 is 5.69. The minimum absolute atomic E-state index is 0.0874. The number of primary amides is 1. The van der Waals surface area contributed by atoms with E-state index in [-0.39, 0.29) is 12.2 Å². The molecular formula is C15H14ClNO6. The first-order chi connectivity index (χ1) is 10.8. The van der Waals surface area contributed by atoms with Crippen LogP contribution >= 0.6 is 11.6 Å². The van der Waals surface area contributed by atoms with Crippen molar-refractivity contribution in [1.29, 1.82) is 0 Å². The standard InChI is InChI=1S/C15H14ClNO6/c1-2-23-15(22)12(14(17)21)13(20)11(19)7-10(18)8-3-5-9(16)6-4-8/h3-7,12,18H,2H2,1H3,(H2,17,21)/t12-/m0/s1. The molecule has 0 aliphatic rings. The van der Waals surface area contributed by atoms with Crippen LogP contribution < -0.4 is 5.73 Å². The number of aliphatic hydroxyl groups excluding tert-OH is 1. The fourth-order valence-corrected chi connectivity index (χ4v) is 1.75.